The van der Waals surface area contributed by atoms with Crippen LogP contribution in [0.5, 0.6) is 0 Å². The van der Waals surface area contributed by atoms with E-state index in [9.17, 15) is 9.59 Å². The van der Waals surface area contributed by atoms with Crippen molar-refractivity contribution in [1.82, 2.24) is 0 Å². The van der Waals surface area contributed by atoms with Gasteiger partial charge in [-0.05, 0) is 44.0 Å². The third-order valence-corrected chi connectivity index (χ3v) is 3.34. The summed E-state index contributed by atoms with van der Waals surface area (Å²) in [7, 11) is 0. The van der Waals surface area contributed by atoms with Crippen molar-refractivity contribution in [2.24, 2.45) is 5.92 Å². The smallest absolute Gasteiger partial charge is 0.303 e. The zero-order chi connectivity index (χ0) is 15.8. The van der Waals surface area contributed by atoms with Gasteiger partial charge in [-0.25, -0.2) is 0 Å². The van der Waals surface area contributed by atoms with E-state index in [-0.39, 0.29) is 24.7 Å². The number of benzene rings is 1. The van der Waals surface area contributed by atoms with Gasteiger partial charge in [0.1, 0.15) is 0 Å². The molecule has 0 saturated carbocycles. The summed E-state index contributed by atoms with van der Waals surface area (Å²) in [5.41, 5.74) is 1.86. The number of hydrogen-bond acceptors (Lipinski definition) is 3. The zero-order valence-electron chi connectivity index (χ0n) is 12.9. The number of carboxylic acid groups (broad SMARTS) is 1. The average Bonchev–Trinajstić information content (AvgIpc) is 2.40. The standard InChI is InChI=1S/C16H24N2O3/c1-4-18(5-2)14-8-6-13(7-9-14)17-15(19)10-12(3)11-16(20)21/h6-9,12H,4-5,10-11H2,1-3H3,(H,17,19)(H,20,21). The Hall–Kier alpha value is -2.04. The predicted molar refractivity (Wildman–Crippen MR) is 84.7 cm³/mol. The van der Waals surface area contributed by atoms with Gasteiger partial charge in [-0.15, -0.1) is 0 Å². The van der Waals surface area contributed by atoms with E-state index in [1.807, 2.05) is 24.3 Å². The second-order valence-electron chi connectivity index (χ2n) is 5.17. The van der Waals surface area contributed by atoms with E-state index in [4.69, 9.17) is 5.11 Å². The van der Waals surface area contributed by atoms with Crippen LogP contribution in [0.25, 0.3) is 0 Å². The number of carboxylic acids is 1. The van der Waals surface area contributed by atoms with E-state index in [0.717, 1.165) is 24.5 Å². The number of carbonyl (C=O) groups is 2. The molecule has 5 nitrogen and oxygen atoms in total. The van der Waals surface area contributed by atoms with Crippen LogP contribution in [0.15, 0.2) is 24.3 Å². The fraction of sp³-hybridized carbons (Fsp3) is 0.500. The number of nitrogens with one attached hydrogen (secondary N) is 1. The summed E-state index contributed by atoms with van der Waals surface area (Å²) in [4.78, 5) is 24.6. The van der Waals surface area contributed by atoms with Gasteiger partial charge in [0.25, 0.3) is 0 Å². The molecule has 2 N–H and O–H groups in total. The van der Waals surface area contributed by atoms with E-state index in [0.29, 0.717) is 0 Å². The molecule has 0 aliphatic carbocycles. The Morgan fingerprint density at radius 2 is 1.71 bits per heavy atom. The van der Waals surface area contributed by atoms with Gasteiger partial charge in [0.05, 0.1) is 0 Å². The quantitative estimate of drug-likeness (QED) is 0.773. The number of hydrogen-bond donors (Lipinski definition) is 2. The Kier molecular flexibility index (Phi) is 6.72. The van der Waals surface area contributed by atoms with Gasteiger partial charge >= 0.3 is 5.97 Å². The van der Waals surface area contributed by atoms with Gasteiger partial charge in [-0.1, -0.05) is 6.92 Å². The molecule has 1 unspecified atom stereocenters. The molecule has 0 bridgehead atoms. The van der Waals surface area contributed by atoms with Crippen molar-refractivity contribution < 1.29 is 14.7 Å². The van der Waals surface area contributed by atoms with Crippen molar-refractivity contribution in [3.05, 3.63) is 24.3 Å². The van der Waals surface area contributed by atoms with E-state index in [1.165, 1.54) is 0 Å². The van der Waals surface area contributed by atoms with Crippen LogP contribution in [0, 0.1) is 5.92 Å². The fourth-order valence-corrected chi connectivity index (χ4v) is 2.24. The molecule has 0 aliphatic heterocycles. The van der Waals surface area contributed by atoms with E-state index in [1.54, 1.807) is 6.92 Å². The van der Waals surface area contributed by atoms with Crippen LogP contribution in [-0.2, 0) is 9.59 Å². The number of amides is 1. The average molecular weight is 292 g/mol. The molecule has 5 heteroatoms. The molecule has 116 valence electrons. The van der Waals surface area contributed by atoms with Crippen molar-refractivity contribution >= 4 is 23.3 Å². The highest BCUT2D eigenvalue weighted by Crippen LogP contribution is 2.18. The summed E-state index contributed by atoms with van der Waals surface area (Å²) in [5.74, 6) is -1.20. The Balaban J connectivity index is 2.55. The van der Waals surface area contributed by atoms with Gasteiger partial charge in [0.2, 0.25) is 5.91 Å². The van der Waals surface area contributed by atoms with Crippen LogP contribution in [0.1, 0.15) is 33.6 Å². The Morgan fingerprint density at radius 1 is 1.14 bits per heavy atom. The van der Waals surface area contributed by atoms with Gasteiger partial charge in [-0.3, -0.25) is 9.59 Å². The van der Waals surface area contributed by atoms with Gasteiger partial charge in [0.15, 0.2) is 0 Å². The normalized spacial score (nSPS) is 11.8. The minimum atomic E-state index is -0.876. The summed E-state index contributed by atoms with van der Waals surface area (Å²) < 4.78 is 0. The minimum Gasteiger partial charge on any atom is -0.481 e. The van der Waals surface area contributed by atoms with Gasteiger partial charge < -0.3 is 15.3 Å². The molecule has 0 aliphatic rings. The van der Waals surface area contributed by atoms with Crippen LogP contribution in [0.4, 0.5) is 11.4 Å². The van der Waals surface area contributed by atoms with Crippen LogP contribution in [-0.4, -0.2) is 30.1 Å². The molecule has 1 rings (SSSR count). The first kappa shape index (κ1) is 17.0. The number of nitrogens with zero attached hydrogens (tertiary/aromatic N) is 1. The molecule has 0 spiro atoms. The first-order valence-electron chi connectivity index (χ1n) is 7.32. The molecule has 1 amide bonds. The second kappa shape index (κ2) is 8.29. The third kappa shape index (κ3) is 5.85. The van der Waals surface area contributed by atoms with E-state index in [2.05, 4.69) is 24.1 Å². The second-order valence-corrected chi connectivity index (χ2v) is 5.17. The minimum absolute atomic E-state index is 0.00825. The zero-order valence-corrected chi connectivity index (χ0v) is 12.9. The maximum Gasteiger partial charge on any atom is 0.303 e. The monoisotopic (exact) mass is 292 g/mol. The highest BCUT2D eigenvalue weighted by Gasteiger charge is 2.12. The lowest BCUT2D eigenvalue weighted by atomic mass is 10.0. The molecule has 0 saturated heterocycles. The molecule has 1 aromatic carbocycles. The molecule has 0 aromatic heterocycles. The lowest BCUT2D eigenvalue weighted by Gasteiger charge is -2.21. The summed E-state index contributed by atoms with van der Waals surface area (Å²) >= 11 is 0. The summed E-state index contributed by atoms with van der Waals surface area (Å²) in [6.45, 7) is 7.84. The molecular formula is C16H24N2O3. The Morgan fingerprint density at radius 3 is 2.19 bits per heavy atom. The molecule has 0 fully saturated rings. The molecule has 1 aromatic rings. The highest BCUT2D eigenvalue weighted by molar-refractivity contribution is 5.91. The van der Waals surface area contributed by atoms with E-state index < -0.39 is 5.97 Å². The van der Waals surface area contributed by atoms with Crippen molar-refractivity contribution in [3.63, 3.8) is 0 Å². The maximum absolute atomic E-state index is 11.8. The number of aliphatic carboxylic acids is 1. The first-order chi connectivity index (χ1) is 9.96. The fourth-order valence-electron chi connectivity index (χ4n) is 2.24. The van der Waals surface area contributed by atoms with Gasteiger partial charge in [-0.2, -0.15) is 0 Å². The Labute approximate surface area is 126 Å². The first-order valence-corrected chi connectivity index (χ1v) is 7.32. The third-order valence-electron chi connectivity index (χ3n) is 3.34. The summed E-state index contributed by atoms with van der Waals surface area (Å²) in [6.07, 6.45) is 0.221. The number of carbonyl (C=O) groups excluding carboxylic acids is 1. The van der Waals surface area contributed by atoms with Crippen LogP contribution in [0.3, 0.4) is 0 Å². The molecule has 21 heavy (non-hydrogen) atoms. The largest absolute Gasteiger partial charge is 0.481 e. The van der Waals surface area contributed by atoms with Gasteiger partial charge in [0, 0.05) is 37.3 Å². The summed E-state index contributed by atoms with van der Waals surface area (Å²) in [5, 5.41) is 11.5. The number of rotatable bonds is 8. The van der Waals surface area contributed by atoms with Crippen LogP contribution in [0.2, 0.25) is 0 Å². The van der Waals surface area contributed by atoms with Crippen LogP contribution < -0.4 is 10.2 Å². The van der Waals surface area contributed by atoms with Crippen molar-refractivity contribution in [3.8, 4) is 0 Å². The van der Waals surface area contributed by atoms with Crippen molar-refractivity contribution in [2.75, 3.05) is 23.3 Å². The molecule has 0 heterocycles. The van der Waals surface area contributed by atoms with E-state index >= 15 is 0 Å². The molecule has 0 radical (unpaired) electrons. The predicted octanol–water partition coefficient (Wildman–Crippen LogP) is 2.97. The van der Waals surface area contributed by atoms with Crippen molar-refractivity contribution in [1.29, 1.82) is 0 Å². The lowest BCUT2D eigenvalue weighted by molar-refractivity contribution is -0.138. The maximum atomic E-state index is 11.8. The lowest BCUT2D eigenvalue weighted by Crippen LogP contribution is -2.21. The summed E-state index contributed by atoms with van der Waals surface area (Å²) in [6, 6.07) is 7.69. The SMILES string of the molecule is CCN(CC)c1ccc(NC(=O)CC(C)CC(=O)O)cc1. The topological polar surface area (TPSA) is 69.6 Å². The van der Waals surface area contributed by atoms with Crippen LogP contribution >= 0.6 is 0 Å². The molecule has 1 atom stereocenters. The Bertz CT molecular complexity index is 467. The number of anilines is 2. The highest BCUT2D eigenvalue weighted by atomic mass is 16.4. The van der Waals surface area contributed by atoms with Crippen molar-refractivity contribution in [2.45, 2.75) is 33.6 Å². The molecular weight excluding hydrogens is 268 g/mol.